The highest BCUT2D eigenvalue weighted by Crippen LogP contribution is 2.41. The fraction of sp³-hybridized carbons (Fsp3) is 0.385. The van der Waals surface area contributed by atoms with Gasteiger partial charge < -0.3 is 4.90 Å². The average molecular weight is 363 g/mol. The monoisotopic (exact) mass is 362 g/mol. The Balaban J connectivity index is 2.06. The number of fused-ring (bicyclic) bond motifs is 1. The van der Waals surface area contributed by atoms with Crippen LogP contribution < -0.4 is 4.90 Å². The first-order valence-electron chi connectivity index (χ1n) is 6.47. The van der Waals surface area contributed by atoms with Crippen LogP contribution in [0.3, 0.4) is 0 Å². The number of amides is 1. The average Bonchev–Trinajstić information content (AvgIpc) is 2.83. The van der Waals surface area contributed by atoms with Crippen molar-refractivity contribution in [2.75, 3.05) is 16.4 Å². The molecule has 0 spiro atoms. The molecule has 2 unspecified atom stereocenters. The maximum absolute atomic E-state index is 13.7. The van der Waals surface area contributed by atoms with Crippen molar-refractivity contribution < 1.29 is 17.6 Å². The van der Waals surface area contributed by atoms with E-state index in [-0.39, 0.29) is 33.7 Å². The summed E-state index contributed by atoms with van der Waals surface area (Å²) in [5.74, 6) is -0.988. The highest BCUT2D eigenvalue weighted by atomic mass is 35.5. The molecule has 118 valence electrons. The first-order chi connectivity index (χ1) is 10.3. The van der Waals surface area contributed by atoms with Gasteiger partial charge in [-0.25, -0.2) is 12.8 Å². The molecule has 3 rings (SSSR count). The summed E-state index contributed by atoms with van der Waals surface area (Å²) in [7, 11) is -3.14. The number of halogens is 2. The zero-order chi connectivity index (χ0) is 16.1. The zero-order valence-corrected chi connectivity index (χ0v) is 13.9. The van der Waals surface area contributed by atoms with E-state index in [0.717, 1.165) is 0 Å². The Morgan fingerprint density at radius 3 is 2.82 bits per heavy atom. The molecule has 9 heteroatoms. The molecule has 0 radical (unpaired) electrons. The number of amidine groups is 1. The lowest BCUT2D eigenvalue weighted by Crippen LogP contribution is -2.37. The second-order valence-electron chi connectivity index (χ2n) is 5.18. The van der Waals surface area contributed by atoms with Crippen molar-refractivity contribution in [1.29, 1.82) is 0 Å². The predicted molar refractivity (Wildman–Crippen MR) is 85.8 cm³/mol. The number of hydrogen-bond donors (Lipinski definition) is 0. The summed E-state index contributed by atoms with van der Waals surface area (Å²) >= 11 is 6.93. The fourth-order valence-electron chi connectivity index (χ4n) is 2.64. The Morgan fingerprint density at radius 1 is 1.45 bits per heavy atom. The second kappa shape index (κ2) is 5.50. The van der Waals surface area contributed by atoms with Crippen LogP contribution in [0, 0.1) is 5.82 Å². The van der Waals surface area contributed by atoms with Crippen molar-refractivity contribution >= 4 is 50.0 Å². The largest absolute Gasteiger partial charge is 0.315 e. The van der Waals surface area contributed by atoms with Crippen LogP contribution in [0.2, 0.25) is 5.02 Å². The Hall–Kier alpha value is -1.12. The topological polar surface area (TPSA) is 66.8 Å². The molecule has 0 aromatic heterocycles. The van der Waals surface area contributed by atoms with Crippen molar-refractivity contribution in [3.63, 3.8) is 0 Å². The van der Waals surface area contributed by atoms with Crippen LogP contribution >= 0.6 is 23.4 Å². The highest BCUT2D eigenvalue weighted by Gasteiger charge is 2.49. The molecule has 2 atom stereocenters. The van der Waals surface area contributed by atoms with Crippen LogP contribution in [0.15, 0.2) is 23.2 Å². The minimum Gasteiger partial charge on any atom is -0.315 e. The van der Waals surface area contributed by atoms with Gasteiger partial charge in [0.2, 0.25) is 5.91 Å². The number of carbonyl (C=O) groups excluding carboxylic acids is 1. The third-order valence-corrected chi connectivity index (χ3v) is 7.02. The molecular weight excluding hydrogens is 351 g/mol. The number of benzene rings is 1. The summed E-state index contributed by atoms with van der Waals surface area (Å²) in [6.45, 7) is 1.32. The molecule has 1 aromatic carbocycles. The van der Waals surface area contributed by atoms with E-state index >= 15 is 0 Å². The third-order valence-electron chi connectivity index (χ3n) is 3.50. The predicted octanol–water partition coefficient (Wildman–Crippen LogP) is 2.10. The summed E-state index contributed by atoms with van der Waals surface area (Å²) in [5.41, 5.74) is 0.444. The van der Waals surface area contributed by atoms with Gasteiger partial charge in [0.1, 0.15) is 5.82 Å². The van der Waals surface area contributed by atoms with E-state index in [2.05, 4.69) is 4.99 Å². The Bertz CT molecular complexity index is 781. The Kier molecular flexibility index (Phi) is 3.94. The van der Waals surface area contributed by atoms with Crippen molar-refractivity contribution in [2.45, 2.75) is 18.2 Å². The number of rotatable bonds is 1. The lowest BCUT2D eigenvalue weighted by molar-refractivity contribution is -0.115. The smallest absolute Gasteiger partial charge is 0.244 e. The van der Waals surface area contributed by atoms with E-state index < -0.39 is 15.7 Å². The van der Waals surface area contributed by atoms with E-state index in [1.807, 2.05) is 0 Å². The summed E-state index contributed by atoms with van der Waals surface area (Å²) < 4.78 is 37.4. The van der Waals surface area contributed by atoms with Gasteiger partial charge in [0.25, 0.3) is 0 Å². The SMILES string of the molecule is CC(=O)N=C1SC2CS(=O)(=O)CC2N1c1ccc(Cl)c(F)c1. The van der Waals surface area contributed by atoms with Gasteiger partial charge in [-0.05, 0) is 18.2 Å². The van der Waals surface area contributed by atoms with Crippen LogP contribution in [0.1, 0.15) is 6.92 Å². The van der Waals surface area contributed by atoms with Gasteiger partial charge in [-0.3, -0.25) is 4.79 Å². The fourth-order valence-corrected chi connectivity index (χ4v) is 6.71. The van der Waals surface area contributed by atoms with E-state index in [1.54, 1.807) is 11.0 Å². The number of thioether (sulfide) groups is 1. The molecule has 1 amide bonds. The van der Waals surface area contributed by atoms with Crippen LogP contribution in [-0.2, 0) is 14.6 Å². The molecule has 2 aliphatic heterocycles. The van der Waals surface area contributed by atoms with Gasteiger partial charge in [0.15, 0.2) is 15.0 Å². The molecule has 0 saturated carbocycles. The van der Waals surface area contributed by atoms with Gasteiger partial charge in [-0.15, -0.1) is 0 Å². The number of aliphatic imine (C=N–C) groups is 1. The first kappa shape index (κ1) is 15.8. The van der Waals surface area contributed by atoms with Crippen molar-refractivity contribution in [3.8, 4) is 0 Å². The van der Waals surface area contributed by atoms with Crippen molar-refractivity contribution in [3.05, 3.63) is 29.0 Å². The molecule has 0 N–H and O–H groups in total. The van der Waals surface area contributed by atoms with Crippen molar-refractivity contribution in [2.24, 2.45) is 4.99 Å². The normalized spacial score (nSPS) is 28.1. The number of carbonyl (C=O) groups is 1. The summed E-state index contributed by atoms with van der Waals surface area (Å²) in [6, 6.07) is 3.87. The summed E-state index contributed by atoms with van der Waals surface area (Å²) in [5, 5.41) is 0.178. The quantitative estimate of drug-likeness (QED) is 0.765. The molecule has 5 nitrogen and oxygen atoms in total. The molecule has 1 aromatic rings. The van der Waals surface area contributed by atoms with Crippen LogP contribution in [0.5, 0.6) is 0 Å². The number of nitrogens with zero attached hydrogens (tertiary/aromatic N) is 2. The van der Waals surface area contributed by atoms with Gasteiger partial charge >= 0.3 is 0 Å². The molecular formula is C13H12ClFN2O3S2. The van der Waals surface area contributed by atoms with Gasteiger partial charge in [0.05, 0.1) is 22.6 Å². The zero-order valence-electron chi connectivity index (χ0n) is 11.5. The van der Waals surface area contributed by atoms with Crippen molar-refractivity contribution in [1.82, 2.24) is 0 Å². The molecule has 2 aliphatic rings. The third kappa shape index (κ3) is 2.87. The molecule has 0 aliphatic carbocycles. The number of anilines is 1. The van der Waals surface area contributed by atoms with E-state index in [4.69, 9.17) is 11.6 Å². The molecule has 2 fully saturated rings. The maximum Gasteiger partial charge on any atom is 0.244 e. The molecule has 22 heavy (non-hydrogen) atoms. The van der Waals surface area contributed by atoms with E-state index in [1.165, 1.54) is 30.8 Å². The standard InChI is InChI=1S/C13H12ClFN2O3S2/c1-7(18)16-13-17(8-2-3-9(14)10(15)4-8)11-5-22(19,20)6-12(11)21-13/h2-4,11-12H,5-6H2,1H3. The minimum atomic E-state index is -3.14. The molecule has 2 heterocycles. The van der Waals surface area contributed by atoms with Gasteiger partial charge in [-0.2, -0.15) is 4.99 Å². The number of hydrogen-bond acceptors (Lipinski definition) is 4. The molecule has 0 bridgehead atoms. The Labute approximate surface area is 136 Å². The Morgan fingerprint density at radius 2 is 2.18 bits per heavy atom. The summed E-state index contributed by atoms with van der Waals surface area (Å²) in [6.07, 6.45) is 0. The van der Waals surface area contributed by atoms with Crippen LogP contribution in [0.4, 0.5) is 10.1 Å². The van der Waals surface area contributed by atoms with Crippen LogP contribution in [-0.4, -0.2) is 42.3 Å². The molecule has 2 saturated heterocycles. The lowest BCUT2D eigenvalue weighted by atomic mass is 10.2. The number of sulfone groups is 1. The van der Waals surface area contributed by atoms with Crippen LogP contribution in [0.25, 0.3) is 0 Å². The van der Waals surface area contributed by atoms with Gasteiger partial charge in [0, 0.05) is 17.9 Å². The minimum absolute atomic E-state index is 0.0174. The van der Waals surface area contributed by atoms with E-state index in [0.29, 0.717) is 10.9 Å². The van der Waals surface area contributed by atoms with E-state index in [9.17, 15) is 17.6 Å². The lowest BCUT2D eigenvalue weighted by Gasteiger charge is -2.24. The van der Waals surface area contributed by atoms with Gasteiger partial charge in [-0.1, -0.05) is 23.4 Å². The first-order valence-corrected chi connectivity index (χ1v) is 9.55. The maximum atomic E-state index is 13.7. The summed E-state index contributed by atoms with van der Waals surface area (Å²) in [4.78, 5) is 16.9. The second-order valence-corrected chi connectivity index (χ2v) is 8.95. The highest BCUT2D eigenvalue weighted by molar-refractivity contribution is 8.16.